The molecular weight excluding hydrogens is 442 g/mol. The van der Waals surface area contributed by atoms with Gasteiger partial charge in [0.15, 0.2) is 0 Å². The highest BCUT2D eigenvalue weighted by Crippen LogP contribution is 2.50. The zero-order valence-electron chi connectivity index (χ0n) is 14.1. The summed E-state index contributed by atoms with van der Waals surface area (Å²) in [5.74, 6) is 0. The summed E-state index contributed by atoms with van der Waals surface area (Å²) in [6, 6.07) is 7.91. The first-order valence-corrected chi connectivity index (χ1v) is 8.86. The molecule has 1 atom stereocenters. The lowest BCUT2D eigenvalue weighted by Crippen LogP contribution is -2.42. The molecule has 0 aromatic heterocycles. The van der Waals surface area contributed by atoms with E-state index in [0.717, 1.165) is 17.1 Å². The highest BCUT2D eigenvalue weighted by Gasteiger charge is 2.62. The minimum atomic E-state index is -4.80. The maximum atomic E-state index is 14.0. The van der Waals surface area contributed by atoms with Crippen molar-refractivity contribution in [2.75, 3.05) is 12.1 Å². The molecule has 0 saturated carbocycles. The van der Waals surface area contributed by atoms with Gasteiger partial charge in [0.2, 0.25) is 0 Å². The van der Waals surface area contributed by atoms with Crippen molar-refractivity contribution in [3.63, 3.8) is 0 Å². The van der Waals surface area contributed by atoms with Gasteiger partial charge in [0.05, 0.1) is 21.7 Å². The first-order chi connectivity index (χ1) is 13.1. The van der Waals surface area contributed by atoms with Crippen LogP contribution >= 0.6 is 34.8 Å². The van der Waals surface area contributed by atoms with E-state index in [0.29, 0.717) is 5.56 Å². The molecule has 1 unspecified atom stereocenters. The number of nitrogens with zero attached hydrogens (tertiary/aromatic N) is 3. The van der Waals surface area contributed by atoms with Crippen molar-refractivity contribution in [1.82, 2.24) is 0 Å². The van der Waals surface area contributed by atoms with Crippen LogP contribution in [0.1, 0.15) is 17.5 Å². The molecule has 2 aromatic carbocycles. The second kappa shape index (κ2) is 7.42. The molecule has 0 saturated heterocycles. The smallest absolute Gasteiger partial charge is 0.374 e. The van der Waals surface area contributed by atoms with Crippen molar-refractivity contribution in [3.05, 3.63) is 67.5 Å². The van der Waals surface area contributed by atoms with E-state index in [4.69, 9.17) is 39.6 Å². The van der Waals surface area contributed by atoms with Gasteiger partial charge in [-0.2, -0.15) is 13.2 Å². The van der Waals surface area contributed by atoms with Crippen molar-refractivity contribution < 1.29 is 18.0 Å². The van der Waals surface area contributed by atoms with Crippen LogP contribution in [-0.2, 0) is 10.4 Å². The summed E-state index contributed by atoms with van der Waals surface area (Å²) in [5.41, 5.74) is -2.48. The van der Waals surface area contributed by atoms with Crippen LogP contribution in [0, 0.1) is 4.91 Å². The molecule has 0 radical (unpaired) electrons. The Balaban J connectivity index is 2.04. The lowest BCUT2D eigenvalue weighted by Gasteiger charge is -2.29. The number of benzene rings is 2. The van der Waals surface area contributed by atoms with Gasteiger partial charge < -0.3 is 4.84 Å². The molecule has 1 aliphatic rings. The standard InChI is InChI=1S/C17H11Cl3F3N3O2/c1-26(25-27)15-4-9(2-3-13(15)20)14-8-16(28-24-14,17(21,22)23)10-5-11(18)7-12(19)6-10/h2-7H,8H2,1H3. The predicted octanol–water partition coefficient (Wildman–Crippen LogP) is 6.35. The van der Waals surface area contributed by atoms with Crippen molar-refractivity contribution in [2.24, 2.45) is 10.4 Å². The summed E-state index contributed by atoms with van der Waals surface area (Å²) in [5, 5.41) is 7.63. The number of oxime groups is 1. The van der Waals surface area contributed by atoms with E-state index < -0.39 is 18.2 Å². The quantitative estimate of drug-likeness (QED) is 0.401. The number of halogens is 6. The van der Waals surface area contributed by atoms with E-state index in [9.17, 15) is 18.1 Å². The van der Waals surface area contributed by atoms with E-state index in [1.807, 2.05) is 0 Å². The van der Waals surface area contributed by atoms with Crippen LogP contribution in [0.2, 0.25) is 15.1 Å². The third kappa shape index (κ3) is 3.64. The van der Waals surface area contributed by atoms with Gasteiger partial charge in [-0.05, 0) is 30.3 Å². The predicted molar refractivity (Wildman–Crippen MR) is 102 cm³/mol. The molecule has 0 bridgehead atoms. The van der Waals surface area contributed by atoms with Crippen molar-refractivity contribution in [2.45, 2.75) is 18.2 Å². The molecular formula is C17H11Cl3F3N3O2. The third-order valence-electron chi connectivity index (χ3n) is 4.27. The summed E-state index contributed by atoms with van der Waals surface area (Å²) in [7, 11) is 1.36. The monoisotopic (exact) mass is 451 g/mol. The minimum absolute atomic E-state index is 0.0191. The fraction of sp³-hybridized carbons (Fsp3) is 0.235. The van der Waals surface area contributed by atoms with Crippen LogP contribution in [0.4, 0.5) is 18.9 Å². The molecule has 148 valence electrons. The third-order valence-corrected chi connectivity index (χ3v) is 5.02. The maximum absolute atomic E-state index is 14.0. The fourth-order valence-corrected chi connectivity index (χ4v) is 3.60. The SMILES string of the molecule is CN(N=O)c1cc(C2=NOC(c3cc(Cl)cc(Cl)c3)(C(F)(F)F)C2)ccc1Cl. The van der Waals surface area contributed by atoms with Gasteiger partial charge in [-0.1, -0.05) is 46.0 Å². The van der Waals surface area contributed by atoms with E-state index in [2.05, 4.69) is 10.4 Å². The number of hydrogen-bond acceptors (Lipinski definition) is 4. The van der Waals surface area contributed by atoms with Gasteiger partial charge in [-0.3, -0.25) is 0 Å². The summed E-state index contributed by atoms with van der Waals surface area (Å²) in [6.45, 7) is 0. The zero-order valence-corrected chi connectivity index (χ0v) is 16.4. The maximum Gasteiger partial charge on any atom is 0.435 e. The Kier molecular flexibility index (Phi) is 5.49. The molecule has 5 nitrogen and oxygen atoms in total. The molecule has 0 aliphatic carbocycles. The molecule has 28 heavy (non-hydrogen) atoms. The minimum Gasteiger partial charge on any atom is -0.374 e. The molecule has 2 aromatic rings. The first kappa shape index (κ1) is 20.7. The van der Waals surface area contributed by atoms with Crippen molar-refractivity contribution >= 4 is 46.2 Å². The first-order valence-electron chi connectivity index (χ1n) is 7.72. The van der Waals surface area contributed by atoms with E-state index in [1.165, 1.54) is 31.3 Å². The van der Waals surface area contributed by atoms with Gasteiger partial charge >= 0.3 is 6.18 Å². The van der Waals surface area contributed by atoms with Crippen LogP contribution < -0.4 is 5.01 Å². The topological polar surface area (TPSA) is 54.3 Å². The highest BCUT2D eigenvalue weighted by atomic mass is 35.5. The van der Waals surface area contributed by atoms with E-state index >= 15 is 0 Å². The summed E-state index contributed by atoms with van der Waals surface area (Å²) < 4.78 is 42.0. The second-order valence-corrected chi connectivity index (χ2v) is 7.34. The largest absolute Gasteiger partial charge is 0.435 e. The van der Waals surface area contributed by atoms with Gasteiger partial charge in [0, 0.05) is 34.6 Å². The van der Waals surface area contributed by atoms with Crippen LogP contribution in [0.25, 0.3) is 0 Å². The number of alkyl halides is 3. The average Bonchev–Trinajstić information content (AvgIpc) is 3.07. The van der Waals surface area contributed by atoms with Gasteiger partial charge in [0.1, 0.15) is 0 Å². The van der Waals surface area contributed by atoms with Crippen molar-refractivity contribution in [3.8, 4) is 0 Å². The van der Waals surface area contributed by atoms with Crippen molar-refractivity contribution in [1.29, 1.82) is 0 Å². The summed E-state index contributed by atoms with van der Waals surface area (Å²) in [4.78, 5) is 15.7. The normalized spacial score (nSPS) is 19.2. The van der Waals surface area contributed by atoms with E-state index in [1.54, 1.807) is 0 Å². The summed E-state index contributed by atoms with van der Waals surface area (Å²) >= 11 is 17.8. The highest BCUT2D eigenvalue weighted by molar-refractivity contribution is 6.34. The summed E-state index contributed by atoms with van der Waals surface area (Å²) in [6.07, 6.45) is -5.42. The average molecular weight is 453 g/mol. The number of rotatable bonds is 4. The Morgan fingerprint density at radius 1 is 1.14 bits per heavy atom. The van der Waals surface area contributed by atoms with Crippen LogP contribution in [-0.4, -0.2) is 18.9 Å². The van der Waals surface area contributed by atoms with Gasteiger partial charge in [-0.15, -0.1) is 4.91 Å². The Morgan fingerprint density at radius 3 is 2.36 bits per heavy atom. The molecule has 3 rings (SSSR count). The number of hydrogen-bond donors (Lipinski definition) is 0. The molecule has 1 aliphatic heterocycles. The number of nitroso groups, excluding NO2 is 1. The zero-order chi connectivity index (χ0) is 20.7. The Bertz CT molecular complexity index is 948. The van der Waals surface area contributed by atoms with Crippen LogP contribution in [0.5, 0.6) is 0 Å². The second-order valence-electron chi connectivity index (χ2n) is 6.06. The molecule has 0 N–H and O–H groups in total. The van der Waals surface area contributed by atoms with Gasteiger partial charge in [0.25, 0.3) is 5.60 Å². The van der Waals surface area contributed by atoms with E-state index in [-0.39, 0.29) is 32.0 Å². The Morgan fingerprint density at radius 2 is 1.79 bits per heavy atom. The molecule has 0 fully saturated rings. The molecule has 1 heterocycles. The van der Waals surface area contributed by atoms with Gasteiger partial charge in [-0.25, -0.2) is 5.01 Å². The lowest BCUT2D eigenvalue weighted by atomic mass is 9.86. The Labute approximate surface area is 172 Å². The number of anilines is 1. The van der Waals surface area contributed by atoms with Crippen LogP contribution in [0.3, 0.4) is 0 Å². The Hall–Kier alpha value is -2.03. The molecule has 0 spiro atoms. The van der Waals surface area contributed by atoms with Crippen LogP contribution in [0.15, 0.2) is 46.8 Å². The lowest BCUT2D eigenvalue weighted by molar-refractivity contribution is -0.275. The molecule has 0 amide bonds. The fourth-order valence-electron chi connectivity index (χ4n) is 2.83. The molecule has 11 heteroatoms.